The van der Waals surface area contributed by atoms with Crippen molar-refractivity contribution >= 4 is 0 Å². The Kier molecular flexibility index (Phi) is 6.11. The van der Waals surface area contributed by atoms with E-state index in [1.807, 2.05) is 0 Å². The number of hydrogen-bond acceptors (Lipinski definition) is 5. The minimum absolute atomic E-state index is 0.121. The second-order valence-corrected chi connectivity index (χ2v) is 8.90. The molecule has 2 saturated heterocycles. The van der Waals surface area contributed by atoms with Crippen LogP contribution in [0.3, 0.4) is 0 Å². The second kappa shape index (κ2) is 7.81. The van der Waals surface area contributed by atoms with Crippen LogP contribution in [0.5, 0.6) is 0 Å². The monoisotopic (exact) mass is 355 g/mol. The predicted octanol–water partition coefficient (Wildman–Crippen LogP) is 2.87. The Hall–Kier alpha value is -0.200. The van der Waals surface area contributed by atoms with Gasteiger partial charge in [0.15, 0.2) is 12.6 Å². The average Bonchev–Trinajstić information content (AvgIpc) is 2.67. The first-order valence-corrected chi connectivity index (χ1v) is 10.1. The fraction of sp³-hybridized carbons (Fsp3) is 1.00. The van der Waals surface area contributed by atoms with Crippen molar-refractivity contribution in [1.82, 2.24) is 4.90 Å². The molecule has 3 aliphatic rings. The third kappa shape index (κ3) is 3.77. The van der Waals surface area contributed by atoms with Gasteiger partial charge in [-0.3, -0.25) is 0 Å². The third-order valence-electron chi connectivity index (χ3n) is 6.78. The highest BCUT2D eigenvalue weighted by Gasteiger charge is 2.62. The van der Waals surface area contributed by atoms with Crippen molar-refractivity contribution in [2.75, 3.05) is 27.2 Å². The smallest absolute Gasteiger partial charge is 0.190 e. The van der Waals surface area contributed by atoms with E-state index in [0.717, 1.165) is 32.2 Å². The topological polar surface area (TPSA) is 51.2 Å². The van der Waals surface area contributed by atoms with Gasteiger partial charge in [-0.25, -0.2) is 0 Å². The molecule has 146 valence electrons. The van der Waals surface area contributed by atoms with Crippen molar-refractivity contribution in [1.29, 1.82) is 0 Å². The van der Waals surface area contributed by atoms with Crippen molar-refractivity contribution in [3.63, 3.8) is 0 Å². The Bertz CT molecular complexity index is 445. The molecule has 0 aromatic heterocycles. The van der Waals surface area contributed by atoms with Crippen LogP contribution in [0.15, 0.2) is 0 Å². The van der Waals surface area contributed by atoms with Crippen molar-refractivity contribution in [2.45, 2.75) is 77.2 Å². The van der Waals surface area contributed by atoms with Gasteiger partial charge in [-0.15, -0.1) is 0 Å². The zero-order valence-corrected chi connectivity index (χ0v) is 16.6. The first kappa shape index (κ1) is 19.6. The molecular formula is C20H37NO4. The normalized spacial score (nSPS) is 47.4. The lowest BCUT2D eigenvalue weighted by molar-refractivity contribution is -0.382. The number of rotatable bonds is 5. The lowest BCUT2D eigenvalue weighted by Crippen LogP contribution is -2.66. The number of nitrogens with zero attached hydrogens (tertiary/aromatic N) is 1. The predicted molar refractivity (Wildman–Crippen MR) is 97.1 cm³/mol. The van der Waals surface area contributed by atoms with Crippen LogP contribution in [-0.2, 0) is 14.2 Å². The van der Waals surface area contributed by atoms with Gasteiger partial charge in [0, 0.05) is 11.8 Å². The first-order chi connectivity index (χ1) is 11.8. The van der Waals surface area contributed by atoms with Gasteiger partial charge in [0.25, 0.3) is 0 Å². The molecule has 5 heteroatoms. The maximum absolute atomic E-state index is 11.8. The molecule has 3 fully saturated rings. The molecule has 3 unspecified atom stereocenters. The van der Waals surface area contributed by atoms with E-state index in [-0.39, 0.29) is 30.1 Å². The van der Waals surface area contributed by atoms with Crippen LogP contribution in [0.2, 0.25) is 0 Å². The van der Waals surface area contributed by atoms with Gasteiger partial charge in [0.1, 0.15) is 5.60 Å². The Morgan fingerprint density at radius 2 is 1.76 bits per heavy atom. The first-order valence-electron chi connectivity index (χ1n) is 10.1. The van der Waals surface area contributed by atoms with E-state index in [0.29, 0.717) is 12.5 Å². The van der Waals surface area contributed by atoms with E-state index >= 15 is 0 Å². The van der Waals surface area contributed by atoms with Crippen molar-refractivity contribution < 1.29 is 19.3 Å². The van der Waals surface area contributed by atoms with E-state index in [2.05, 4.69) is 39.8 Å². The highest BCUT2D eigenvalue weighted by atomic mass is 16.8. The van der Waals surface area contributed by atoms with E-state index < -0.39 is 11.9 Å². The highest BCUT2D eigenvalue weighted by molar-refractivity contribution is 5.06. The quantitative estimate of drug-likeness (QED) is 0.769. The van der Waals surface area contributed by atoms with Crippen LogP contribution >= 0.6 is 0 Å². The molecule has 0 radical (unpaired) electrons. The fourth-order valence-corrected chi connectivity index (χ4v) is 5.31. The Morgan fingerprint density at radius 3 is 2.48 bits per heavy atom. The summed E-state index contributed by atoms with van der Waals surface area (Å²) in [5.74, 6) is 1.16. The molecule has 8 atom stereocenters. The molecule has 0 aromatic carbocycles. The van der Waals surface area contributed by atoms with Crippen LogP contribution < -0.4 is 0 Å². The fourth-order valence-electron chi connectivity index (χ4n) is 5.31. The summed E-state index contributed by atoms with van der Waals surface area (Å²) in [6, 6.07) is 0. The molecule has 2 aliphatic heterocycles. The van der Waals surface area contributed by atoms with E-state index in [1.54, 1.807) is 0 Å². The van der Waals surface area contributed by atoms with Crippen molar-refractivity contribution in [3.05, 3.63) is 0 Å². The molecule has 0 aromatic rings. The average molecular weight is 356 g/mol. The lowest BCUT2D eigenvalue weighted by atomic mass is 9.58. The van der Waals surface area contributed by atoms with Crippen LogP contribution in [0.1, 0.15) is 52.9 Å². The van der Waals surface area contributed by atoms with E-state index in [9.17, 15) is 5.11 Å². The van der Waals surface area contributed by atoms with Gasteiger partial charge in [-0.1, -0.05) is 13.8 Å². The SMILES string of the molecule is C[C@H]1C(OCCCN(C)C)O[C@@H]2O[C@@H](C)CCC3[C@H](C)CCC1[C@]32O. The molecule has 1 N–H and O–H groups in total. The zero-order valence-electron chi connectivity index (χ0n) is 16.6. The summed E-state index contributed by atoms with van der Waals surface area (Å²) in [7, 11) is 4.15. The second-order valence-electron chi connectivity index (χ2n) is 8.90. The molecule has 1 saturated carbocycles. The summed E-state index contributed by atoms with van der Waals surface area (Å²) in [5.41, 5.74) is -0.870. The van der Waals surface area contributed by atoms with Gasteiger partial charge >= 0.3 is 0 Å². The van der Waals surface area contributed by atoms with Crippen LogP contribution in [0.4, 0.5) is 0 Å². The molecular weight excluding hydrogens is 318 g/mol. The van der Waals surface area contributed by atoms with Gasteiger partial charge < -0.3 is 24.2 Å². The Balaban J connectivity index is 1.74. The molecule has 0 amide bonds. The Morgan fingerprint density at radius 1 is 1.04 bits per heavy atom. The summed E-state index contributed by atoms with van der Waals surface area (Å²) in [6.07, 6.45) is 4.49. The van der Waals surface area contributed by atoms with Gasteiger partial charge in [0.05, 0.1) is 12.7 Å². The molecule has 3 rings (SSSR count). The Labute approximate surface area is 153 Å². The third-order valence-corrected chi connectivity index (χ3v) is 6.78. The van der Waals surface area contributed by atoms with Gasteiger partial charge in [-0.05, 0) is 71.5 Å². The minimum atomic E-state index is -0.870. The number of aliphatic hydroxyl groups is 1. The van der Waals surface area contributed by atoms with Crippen molar-refractivity contribution in [2.24, 2.45) is 23.7 Å². The minimum Gasteiger partial charge on any atom is -0.384 e. The van der Waals surface area contributed by atoms with Gasteiger partial charge in [0.2, 0.25) is 0 Å². The van der Waals surface area contributed by atoms with E-state index in [4.69, 9.17) is 14.2 Å². The van der Waals surface area contributed by atoms with Crippen LogP contribution in [-0.4, -0.2) is 61.5 Å². The zero-order chi connectivity index (χ0) is 18.2. The summed E-state index contributed by atoms with van der Waals surface area (Å²) in [6.45, 7) is 8.23. The highest BCUT2D eigenvalue weighted by Crippen LogP contribution is 2.54. The molecule has 5 nitrogen and oxygen atoms in total. The molecule has 25 heavy (non-hydrogen) atoms. The summed E-state index contributed by atoms with van der Waals surface area (Å²) >= 11 is 0. The largest absolute Gasteiger partial charge is 0.384 e. The van der Waals surface area contributed by atoms with Crippen LogP contribution in [0, 0.1) is 23.7 Å². The van der Waals surface area contributed by atoms with E-state index in [1.165, 1.54) is 6.42 Å². The number of hydrogen-bond donors (Lipinski definition) is 1. The van der Waals surface area contributed by atoms with Gasteiger partial charge in [-0.2, -0.15) is 0 Å². The molecule has 2 heterocycles. The molecule has 0 spiro atoms. The standard InChI is InChI=1S/C20H37NO4/c1-13-7-9-17-15(3)18(23-12-6-11-21(4)5)25-19-20(17,22)16(13)10-8-14(2)24-19/h13-19,22H,6-12H2,1-5H3/t13-,14+,15-,16?,17?,18?,19+,20-/m1/s1. The summed E-state index contributed by atoms with van der Waals surface area (Å²) in [4.78, 5) is 2.16. The maximum atomic E-state index is 11.8. The van der Waals surface area contributed by atoms with Crippen molar-refractivity contribution in [3.8, 4) is 0 Å². The van der Waals surface area contributed by atoms with Crippen LogP contribution in [0.25, 0.3) is 0 Å². The number of ether oxygens (including phenoxy) is 3. The molecule has 0 bridgehead atoms. The molecule has 1 aliphatic carbocycles. The summed E-state index contributed by atoms with van der Waals surface area (Å²) in [5, 5.41) is 11.8. The maximum Gasteiger partial charge on any atom is 0.190 e. The summed E-state index contributed by atoms with van der Waals surface area (Å²) < 4.78 is 18.5. The lowest BCUT2D eigenvalue weighted by Gasteiger charge is -2.57.